The number of ether oxygens (including phenoxy) is 1. The fourth-order valence-corrected chi connectivity index (χ4v) is 12.1. The number of imidazole rings is 1. The number of hydrogen-bond donors (Lipinski definition) is 2. The fourth-order valence-electron chi connectivity index (χ4n) is 5.01. The molecule has 180 valence electrons. The van der Waals surface area contributed by atoms with Gasteiger partial charge in [0, 0.05) is 4.75 Å². The molecule has 3 aliphatic rings. The van der Waals surface area contributed by atoms with E-state index in [0.717, 1.165) is 25.7 Å². The van der Waals surface area contributed by atoms with Gasteiger partial charge in [-0.1, -0.05) is 30.5 Å². The minimum atomic E-state index is -2.46. The third kappa shape index (κ3) is 4.32. The Morgan fingerprint density at radius 1 is 1.55 bits per heavy atom. The second-order valence-corrected chi connectivity index (χ2v) is 16.3. The van der Waals surface area contributed by atoms with Gasteiger partial charge >= 0.3 is 0 Å². The number of anilines is 1. The van der Waals surface area contributed by atoms with Crippen molar-refractivity contribution in [3.63, 3.8) is 0 Å². The van der Waals surface area contributed by atoms with E-state index >= 15 is 0 Å². The van der Waals surface area contributed by atoms with Crippen molar-refractivity contribution in [3.05, 3.63) is 28.8 Å². The van der Waals surface area contributed by atoms with E-state index in [-0.39, 0.29) is 46.1 Å². The van der Waals surface area contributed by atoms with Gasteiger partial charge in [0.15, 0.2) is 11.2 Å². The highest BCUT2D eigenvalue weighted by Gasteiger charge is 2.53. The van der Waals surface area contributed by atoms with Gasteiger partial charge in [0.05, 0.1) is 25.1 Å². The Morgan fingerprint density at radius 2 is 2.33 bits per heavy atom. The molecule has 1 saturated carbocycles. The van der Waals surface area contributed by atoms with Gasteiger partial charge in [-0.25, -0.2) is 4.98 Å². The van der Waals surface area contributed by atoms with Crippen LogP contribution in [-0.4, -0.2) is 43.1 Å². The molecular weight excluding hydrogens is 481 g/mol. The number of allylic oxidation sites excluding steroid dienone is 1. The number of H-pyrrole nitrogens is 1. The maximum absolute atomic E-state index is 12.1. The summed E-state index contributed by atoms with van der Waals surface area (Å²) >= 11 is 7.63. The van der Waals surface area contributed by atoms with Gasteiger partial charge in [0.2, 0.25) is 11.6 Å². The van der Waals surface area contributed by atoms with Gasteiger partial charge < -0.3 is 19.5 Å². The van der Waals surface area contributed by atoms with Crippen LogP contribution in [0.4, 0.5) is 5.95 Å². The molecule has 5 rings (SSSR count). The van der Waals surface area contributed by atoms with Crippen LogP contribution < -0.4 is 11.3 Å². The molecule has 3 N–H and O–H groups in total. The molecule has 9 nitrogen and oxygen atoms in total. The Kier molecular flexibility index (Phi) is 6.03. The standard InChI is InChI=1S/C21H30N5O4PS2/c1-11(2)13-5-6-21(4)15(8-13)30-31(32,33-21)28-9-14-12(3)7-16(29-14)26-10-23-17-18(26)24-20(22)25-19(17)27/h10,12-16H,1,5-9H2,2-4H3,(H3,22,24,25,27)/t12-,13+,14+,15-,16+,21-,31-/m0/s1. The van der Waals surface area contributed by atoms with Gasteiger partial charge in [-0.3, -0.25) is 14.3 Å². The molecule has 1 aliphatic carbocycles. The monoisotopic (exact) mass is 511 g/mol. The molecular formula is C21H30N5O4PS2. The largest absolute Gasteiger partial charge is 0.369 e. The molecule has 2 aromatic heterocycles. The zero-order chi connectivity index (χ0) is 23.5. The highest BCUT2D eigenvalue weighted by Crippen LogP contribution is 2.75. The first kappa shape index (κ1) is 23.5. The number of nitrogen functional groups attached to an aromatic ring is 1. The lowest BCUT2D eigenvalue weighted by molar-refractivity contribution is -0.0236. The highest BCUT2D eigenvalue weighted by atomic mass is 32.9. The summed E-state index contributed by atoms with van der Waals surface area (Å²) in [6.45, 7) is 11.0. The minimum absolute atomic E-state index is 0.000539. The lowest BCUT2D eigenvalue weighted by atomic mass is 9.77. The average molecular weight is 512 g/mol. The molecule has 2 aromatic rings. The maximum Gasteiger partial charge on any atom is 0.280 e. The van der Waals surface area contributed by atoms with Crippen LogP contribution in [-0.2, 0) is 25.6 Å². The van der Waals surface area contributed by atoms with E-state index < -0.39 is 5.69 Å². The Balaban J connectivity index is 1.26. The van der Waals surface area contributed by atoms with E-state index in [9.17, 15) is 4.79 Å². The van der Waals surface area contributed by atoms with Crippen molar-refractivity contribution >= 4 is 46.0 Å². The predicted octanol–water partition coefficient (Wildman–Crippen LogP) is 4.13. The van der Waals surface area contributed by atoms with E-state index in [2.05, 4.69) is 42.3 Å². The van der Waals surface area contributed by atoms with E-state index in [1.165, 1.54) is 5.57 Å². The van der Waals surface area contributed by atoms with Crippen LogP contribution >= 0.6 is 17.1 Å². The maximum atomic E-state index is 12.1. The topological polar surface area (TPSA) is 117 Å². The van der Waals surface area contributed by atoms with Gasteiger partial charge in [0.1, 0.15) is 6.23 Å². The lowest BCUT2D eigenvalue weighted by Gasteiger charge is -2.37. The van der Waals surface area contributed by atoms with Crippen molar-refractivity contribution in [1.29, 1.82) is 0 Å². The molecule has 0 spiro atoms. The number of nitrogens with one attached hydrogen (secondary N) is 1. The summed E-state index contributed by atoms with van der Waals surface area (Å²) in [6, 6.07) is 0. The second-order valence-electron chi connectivity index (χ2n) is 9.68. The van der Waals surface area contributed by atoms with E-state index in [4.69, 9.17) is 31.3 Å². The van der Waals surface area contributed by atoms with Crippen molar-refractivity contribution in [2.45, 2.75) is 69.6 Å². The fraction of sp³-hybridized carbons (Fsp3) is 0.667. The number of aromatic amines is 1. The van der Waals surface area contributed by atoms with Crippen LogP contribution in [0.1, 0.15) is 52.7 Å². The molecule has 12 heteroatoms. The number of aromatic nitrogens is 4. The van der Waals surface area contributed by atoms with Crippen molar-refractivity contribution in [3.8, 4) is 0 Å². The SMILES string of the molecule is C=C(C)[C@@H]1CC[C@]2(C)S[P@@](=S)(OC[C@H]3O[C@@H](n4cnc5c(=O)[nH]c(N)nc54)C[C@@H]3C)O[C@H]2C1. The molecule has 2 saturated heterocycles. The van der Waals surface area contributed by atoms with Crippen LogP contribution in [0.5, 0.6) is 0 Å². The van der Waals surface area contributed by atoms with Crippen LogP contribution in [0.2, 0.25) is 0 Å². The lowest BCUT2D eigenvalue weighted by Crippen LogP contribution is -2.39. The Bertz CT molecular complexity index is 1200. The van der Waals surface area contributed by atoms with E-state index in [0.29, 0.717) is 18.2 Å². The molecule has 0 unspecified atom stereocenters. The normalized spacial score (nSPS) is 38.6. The second kappa shape index (κ2) is 8.46. The number of nitrogens with two attached hydrogens (primary N) is 1. The van der Waals surface area contributed by atoms with Crippen molar-refractivity contribution in [2.24, 2.45) is 11.8 Å². The van der Waals surface area contributed by atoms with Crippen LogP contribution in [0, 0.1) is 11.8 Å². The molecule has 2 aliphatic heterocycles. The summed E-state index contributed by atoms with van der Waals surface area (Å²) in [5.41, 5.74) is 4.78. The van der Waals surface area contributed by atoms with Crippen molar-refractivity contribution in [1.82, 2.24) is 19.5 Å². The molecule has 3 fully saturated rings. The summed E-state index contributed by atoms with van der Waals surface area (Å²) in [4.78, 5) is 23.0. The summed E-state index contributed by atoms with van der Waals surface area (Å²) in [7, 11) is 0. The summed E-state index contributed by atoms with van der Waals surface area (Å²) in [5, 5.41) is 0. The zero-order valence-electron chi connectivity index (χ0n) is 19.0. The molecule has 7 atom stereocenters. The molecule has 0 radical (unpaired) electrons. The number of rotatable bonds is 5. The predicted molar refractivity (Wildman–Crippen MR) is 134 cm³/mol. The Morgan fingerprint density at radius 3 is 3.09 bits per heavy atom. The van der Waals surface area contributed by atoms with Crippen molar-refractivity contribution < 1.29 is 13.8 Å². The average Bonchev–Trinajstić information content (AvgIpc) is 3.38. The van der Waals surface area contributed by atoms with Crippen molar-refractivity contribution in [2.75, 3.05) is 12.3 Å². The first-order valence-electron chi connectivity index (χ1n) is 11.2. The van der Waals surface area contributed by atoms with Crippen LogP contribution in [0.3, 0.4) is 0 Å². The molecule has 0 amide bonds. The first-order chi connectivity index (χ1) is 15.6. The summed E-state index contributed by atoms with van der Waals surface area (Å²) in [6.07, 6.45) is 5.11. The number of hydrogen-bond acceptors (Lipinski definition) is 9. The van der Waals surface area contributed by atoms with Crippen LogP contribution in [0.25, 0.3) is 11.2 Å². The van der Waals surface area contributed by atoms with E-state index in [1.54, 1.807) is 22.3 Å². The zero-order valence-corrected chi connectivity index (χ0v) is 21.5. The molecule has 4 heterocycles. The first-order valence-corrected chi connectivity index (χ1v) is 15.3. The van der Waals surface area contributed by atoms with Gasteiger partial charge in [-0.05, 0) is 63.2 Å². The number of fused-ring (bicyclic) bond motifs is 2. The van der Waals surface area contributed by atoms with Gasteiger partial charge in [0.25, 0.3) is 5.56 Å². The molecule has 33 heavy (non-hydrogen) atoms. The van der Waals surface area contributed by atoms with Crippen LogP contribution in [0.15, 0.2) is 23.3 Å². The van der Waals surface area contributed by atoms with E-state index in [1.807, 2.05) is 0 Å². The molecule has 0 aromatic carbocycles. The Labute approximate surface area is 201 Å². The summed E-state index contributed by atoms with van der Waals surface area (Å²) in [5.74, 6) is 0.771. The summed E-state index contributed by atoms with van der Waals surface area (Å²) < 4.78 is 20.8. The smallest absolute Gasteiger partial charge is 0.280 e. The minimum Gasteiger partial charge on any atom is -0.369 e. The third-order valence-corrected chi connectivity index (χ3v) is 13.0. The van der Waals surface area contributed by atoms with Gasteiger partial charge in [-0.15, -0.1) is 0 Å². The van der Waals surface area contributed by atoms with Gasteiger partial charge in [-0.2, -0.15) is 4.98 Å². The highest BCUT2D eigenvalue weighted by molar-refractivity contribution is 8.68. The molecule has 0 bridgehead atoms. The quantitative estimate of drug-likeness (QED) is 0.451. The number of nitrogens with zero attached hydrogens (tertiary/aromatic N) is 3. The Hall–Kier alpha value is -1.23. The third-order valence-electron chi connectivity index (χ3n) is 7.14.